The van der Waals surface area contributed by atoms with E-state index in [9.17, 15) is 9.59 Å². The minimum Gasteiger partial charge on any atom is -0.351 e. The van der Waals surface area contributed by atoms with E-state index in [4.69, 9.17) is 0 Å². The van der Waals surface area contributed by atoms with Gasteiger partial charge in [-0.25, -0.2) is 0 Å². The van der Waals surface area contributed by atoms with Crippen molar-refractivity contribution in [2.24, 2.45) is 0 Å². The van der Waals surface area contributed by atoms with Crippen molar-refractivity contribution in [3.05, 3.63) is 53.9 Å². The van der Waals surface area contributed by atoms with Crippen molar-refractivity contribution in [2.75, 3.05) is 18.6 Å². The van der Waals surface area contributed by atoms with Crippen LogP contribution in [0.5, 0.6) is 0 Å². The molecule has 0 saturated heterocycles. The van der Waals surface area contributed by atoms with Crippen LogP contribution < -0.4 is 5.32 Å². The number of hydrogen-bond donors (Lipinski definition) is 1. The highest BCUT2D eigenvalue weighted by molar-refractivity contribution is 8.00. The van der Waals surface area contributed by atoms with Gasteiger partial charge in [0.1, 0.15) is 0 Å². The molecule has 2 aromatic rings. The summed E-state index contributed by atoms with van der Waals surface area (Å²) in [5, 5.41) is 7.13. The van der Waals surface area contributed by atoms with Crippen molar-refractivity contribution in [3.8, 4) is 0 Å². The molecule has 1 aromatic carbocycles. The highest BCUT2D eigenvalue weighted by atomic mass is 32.2. The van der Waals surface area contributed by atoms with Gasteiger partial charge < -0.3 is 10.2 Å². The number of hydrogen-bond acceptors (Lipinski definition) is 4. The number of carbonyl (C=O) groups is 2. The van der Waals surface area contributed by atoms with Gasteiger partial charge in [-0.2, -0.15) is 5.10 Å². The predicted octanol–water partition coefficient (Wildman–Crippen LogP) is 3.07. The zero-order valence-electron chi connectivity index (χ0n) is 17.0. The van der Waals surface area contributed by atoms with Gasteiger partial charge >= 0.3 is 0 Å². The molecule has 1 aliphatic carbocycles. The molecule has 1 aromatic heterocycles. The van der Waals surface area contributed by atoms with E-state index in [1.54, 1.807) is 6.20 Å². The molecule has 0 aliphatic heterocycles. The fraction of sp³-hybridized carbons (Fsp3) is 0.500. The summed E-state index contributed by atoms with van der Waals surface area (Å²) in [5.74, 6) is 0.760. The summed E-state index contributed by atoms with van der Waals surface area (Å²) in [6.07, 6.45) is 9.61. The molecule has 7 heteroatoms. The van der Waals surface area contributed by atoms with Crippen LogP contribution in [0.4, 0.5) is 0 Å². The Morgan fingerprint density at radius 1 is 1.14 bits per heavy atom. The second kappa shape index (κ2) is 11.0. The predicted molar refractivity (Wildman–Crippen MR) is 117 cm³/mol. The lowest BCUT2D eigenvalue weighted by atomic mass is 9.94. The van der Waals surface area contributed by atoms with E-state index in [1.165, 1.54) is 36.6 Å². The molecule has 1 aliphatic rings. The summed E-state index contributed by atoms with van der Waals surface area (Å²) < 4.78 is 1.88. The Kier molecular flexibility index (Phi) is 8.16. The van der Waals surface area contributed by atoms with Crippen LogP contribution in [0.1, 0.15) is 43.2 Å². The molecule has 0 radical (unpaired) electrons. The fourth-order valence-corrected chi connectivity index (χ4v) is 4.37. The monoisotopic (exact) mass is 414 g/mol. The molecule has 1 saturated carbocycles. The minimum absolute atomic E-state index is 0.0382. The number of rotatable bonds is 9. The third kappa shape index (κ3) is 6.92. The highest BCUT2D eigenvalue weighted by Gasteiger charge is 2.21. The van der Waals surface area contributed by atoms with Gasteiger partial charge in [0.25, 0.3) is 0 Å². The van der Waals surface area contributed by atoms with Crippen molar-refractivity contribution in [1.82, 2.24) is 20.0 Å². The Bertz CT molecular complexity index is 771. The molecule has 0 spiro atoms. The third-order valence-corrected chi connectivity index (χ3v) is 6.31. The van der Waals surface area contributed by atoms with E-state index < -0.39 is 0 Å². The quantitative estimate of drug-likeness (QED) is 0.685. The normalized spacial score (nSPS) is 14.5. The van der Waals surface area contributed by atoms with Crippen LogP contribution in [0.2, 0.25) is 0 Å². The van der Waals surface area contributed by atoms with Gasteiger partial charge in [-0.15, -0.1) is 11.8 Å². The van der Waals surface area contributed by atoms with Crippen LogP contribution in [0.3, 0.4) is 0 Å². The van der Waals surface area contributed by atoms with Gasteiger partial charge in [-0.3, -0.25) is 14.3 Å². The standard InChI is InChI=1S/C22H30N4O2S/c1-25(20-6-3-2-4-7-20)22(28)17-29-16-21(27)23-14-18-8-10-19(11-9-18)15-26-13-5-12-24-26/h5,8-13,20H,2-4,6-7,14-17H2,1H3,(H,23,27). The van der Waals surface area contributed by atoms with E-state index in [1.807, 2.05) is 41.0 Å². The van der Waals surface area contributed by atoms with Gasteiger partial charge in [-0.1, -0.05) is 43.5 Å². The topological polar surface area (TPSA) is 67.2 Å². The summed E-state index contributed by atoms with van der Waals surface area (Å²) in [4.78, 5) is 26.3. The molecular weight excluding hydrogens is 384 g/mol. The summed E-state index contributed by atoms with van der Waals surface area (Å²) in [7, 11) is 1.90. The van der Waals surface area contributed by atoms with Gasteiger partial charge in [0.05, 0.1) is 18.1 Å². The van der Waals surface area contributed by atoms with E-state index in [-0.39, 0.29) is 11.8 Å². The Balaban J connectivity index is 1.32. The van der Waals surface area contributed by atoms with E-state index >= 15 is 0 Å². The van der Waals surface area contributed by atoms with Crippen LogP contribution in [0.15, 0.2) is 42.7 Å². The SMILES string of the molecule is CN(C(=O)CSCC(=O)NCc1ccc(Cn2cccn2)cc1)C1CCCCC1. The van der Waals surface area contributed by atoms with Crippen LogP contribution in [-0.2, 0) is 22.7 Å². The van der Waals surface area contributed by atoms with E-state index in [2.05, 4.69) is 22.5 Å². The van der Waals surface area contributed by atoms with Crippen LogP contribution in [0.25, 0.3) is 0 Å². The first-order valence-electron chi connectivity index (χ1n) is 10.3. The van der Waals surface area contributed by atoms with Crippen LogP contribution >= 0.6 is 11.8 Å². The fourth-order valence-electron chi connectivity index (χ4n) is 3.60. The third-order valence-electron chi connectivity index (χ3n) is 5.39. The lowest BCUT2D eigenvalue weighted by Gasteiger charge is -2.31. The van der Waals surface area contributed by atoms with Crippen molar-refractivity contribution < 1.29 is 9.59 Å². The molecule has 156 valence electrons. The largest absolute Gasteiger partial charge is 0.351 e. The van der Waals surface area contributed by atoms with E-state index in [0.29, 0.717) is 24.1 Å². The molecule has 3 rings (SSSR count). The molecule has 1 heterocycles. The summed E-state index contributed by atoms with van der Waals surface area (Å²) >= 11 is 1.39. The Labute approximate surface area is 177 Å². The average Bonchev–Trinajstić information content (AvgIpc) is 3.26. The first kappa shape index (κ1) is 21.4. The summed E-state index contributed by atoms with van der Waals surface area (Å²) in [6.45, 7) is 1.23. The number of nitrogens with zero attached hydrogens (tertiary/aromatic N) is 3. The lowest BCUT2D eigenvalue weighted by molar-refractivity contribution is -0.129. The minimum atomic E-state index is -0.0382. The van der Waals surface area contributed by atoms with Crippen molar-refractivity contribution in [1.29, 1.82) is 0 Å². The van der Waals surface area contributed by atoms with Crippen LogP contribution in [0, 0.1) is 0 Å². The molecular formula is C22H30N4O2S. The maximum Gasteiger partial charge on any atom is 0.232 e. The highest BCUT2D eigenvalue weighted by Crippen LogP contribution is 2.22. The number of benzene rings is 1. The van der Waals surface area contributed by atoms with Gasteiger partial charge in [0.2, 0.25) is 11.8 Å². The molecule has 29 heavy (non-hydrogen) atoms. The number of aromatic nitrogens is 2. The number of amides is 2. The number of carbonyl (C=O) groups excluding carboxylic acids is 2. The molecule has 1 N–H and O–H groups in total. The molecule has 2 amide bonds. The maximum absolute atomic E-state index is 12.3. The smallest absolute Gasteiger partial charge is 0.232 e. The second-order valence-electron chi connectivity index (χ2n) is 7.59. The van der Waals surface area contributed by atoms with Crippen LogP contribution in [-0.4, -0.2) is 51.1 Å². The Hall–Kier alpha value is -2.28. The number of nitrogens with one attached hydrogen (secondary N) is 1. The van der Waals surface area contributed by atoms with Gasteiger partial charge in [-0.05, 0) is 30.0 Å². The van der Waals surface area contributed by atoms with Gasteiger partial charge in [0, 0.05) is 32.0 Å². The zero-order valence-corrected chi connectivity index (χ0v) is 17.9. The Morgan fingerprint density at radius 3 is 2.55 bits per heavy atom. The lowest BCUT2D eigenvalue weighted by Crippen LogP contribution is -2.39. The Morgan fingerprint density at radius 2 is 1.86 bits per heavy atom. The van der Waals surface area contributed by atoms with Crippen molar-refractivity contribution >= 4 is 23.6 Å². The molecule has 6 nitrogen and oxygen atoms in total. The maximum atomic E-state index is 12.3. The molecule has 0 atom stereocenters. The first-order chi connectivity index (χ1) is 14.1. The van der Waals surface area contributed by atoms with E-state index in [0.717, 1.165) is 24.9 Å². The zero-order chi connectivity index (χ0) is 20.5. The number of thioether (sulfide) groups is 1. The van der Waals surface area contributed by atoms with Gasteiger partial charge in [0.15, 0.2) is 0 Å². The van der Waals surface area contributed by atoms with Crippen molar-refractivity contribution in [3.63, 3.8) is 0 Å². The second-order valence-corrected chi connectivity index (χ2v) is 8.57. The summed E-state index contributed by atoms with van der Waals surface area (Å²) in [6, 6.07) is 10.4. The molecule has 0 unspecified atom stereocenters. The average molecular weight is 415 g/mol. The van der Waals surface area contributed by atoms with Crippen molar-refractivity contribution in [2.45, 2.75) is 51.2 Å². The molecule has 1 fully saturated rings. The first-order valence-corrected chi connectivity index (χ1v) is 11.4. The summed E-state index contributed by atoms with van der Waals surface area (Å²) in [5.41, 5.74) is 2.22. The molecule has 0 bridgehead atoms.